The molecular formula is C23H24F3N5OS. The number of carbonyl (C=O) groups excluding carboxylic acids is 1. The maximum atomic E-state index is 13.2. The Morgan fingerprint density at radius 3 is 2.42 bits per heavy atom. The molecule has 1 saturated heterocycles. The number of para-hydroxylation sites is 1. The molecule has 0 bridgehead atoms. The summed E-state index contributed by atoms with van der Waals surface area (Å²) in [7, 11) is 0. The van der Waals surface area contributed by atoms with Crippen molar-refractivity contribution in [1.82, 2.24) is 14.8 Å². The van der Waals surface area contributed by atoms with E-state index in [1.54, 1.807) is 0 Å². The molecule has 174 valence electrons. The first-order valence-electron chi connectivity index (χ1n) is 10.7. The van der Waals surface area contributed by atoms with Gasteiger partial charge in [-0.2, -0.15) is 13.2 Å². The number of rotatable bonds is 6. The number of thioether (sulfide) groups is 1. The smallest absolute Gasteiger partial charge is 0.341 e. The van der Waals surface area contributed by atoms with Gasteiger partial charge in [-0.05, 0) is 50.5 Å². The number of piperidine rings is 1. The standard InChI is InChI=1S/C23H24F3N5OS/c1-16-9-11-17(12-10-16)31-21(30-13-5-2-6-14-30)28-29-22(31)33-15-20(32)27-19-8-4-3-7-18(19)23(24,25)26/h3-4,7-12H,2,5-6,13-15H2,1H3,(H,27,32). The summed E-state index contributed by atoms with van der Waals surface area (Å²) in [4.78, 5) is 14.7. The normalized spacial score (nSPS) is 14.4. The van der Waals surface area contributed by atoms with Crippen LogP contribution >= 0.6 is 11.8 Å². The number of anilines is 2. The second-order valence-electron chi connectivity index (χ2n) is 7.88. The van der Waals surface area contributed by atoms with Gasteiger partial charge in [0.25, 0.3) is 0 Å². The number of carbonyl (C=O) groups is 1. The summed E-state index contributed by atoms with van der Waals surface area (Å²) in [5, 5.41) is 11.6. The fourth-order valence-electron chi connectivity index (χ4n) is 3.73. The highest BCUT2D eigenvalue weighted by Gasteiger charge is 2.33. The molecule has 33 heavy (non-hydrogen) atoms. The second-order valence-corrected chi connectivity index (χ2v) is 8.82. The van der Waals surface area contributed by atoms with Crippen LogP contribution in [0.5, 0.6) is 0 Å². The number of halogens is 3. The highest BCUT2D eigenvalue weighted by molar-refractivity contribution is 7.99. The van der Waals surface area contributed by atoms with Crippen LogP contribution in [0.1, 0.15) is 30.4 Å². The Balaban J connectivity index is 1.54. The Bertz CT molecular complexity index is 1110. The summed E-state index contributed by atoms with van der Waals surface area (Å²) in [5.74, 6) is 0.0643. The molecule has 1 aliphatic heterocycles. The monoisotopic (exact) mass is 475 g/mol. The molecule has 0 saturated carbocycles. The molecule has 10 heteroatoms. The van der Waals surface area contributed by atoms with Gasteiger partial charge in [-0.25, -0.2) is 0 Å². The molecule has 1 N–H and O–H groups in total. The Morgan fingerprint density at radius 2 is 1.73 bits per heavy atom. The van der Waals surface area contributed by atoms with Gasteiger partial charge in [-0.15, -0.1) is 10.2 Å². The first-order chi connectivity index (χ1) is 15.8. The zero-order chi connectivity index (χ0) is 23.4. The van der Waals surface area contributed by atoms with E-state index < -0.39 is 17.6 Å². The van der Waals surface area contributed by atoms with E-state index in [1.807, 2.05) is 35.8 Å². The number of aryl methyl sites for hydroxylation is 1. The van der Waals surface area contributed by atoms with Gasteiger partial charge in [-0.1, -0.05) is 41.6 Å². The third-order valence-electron chi connectivity index (χ3n) is 5.39. The van der Waals surface area contributed by atoms with E-state index in [0.29, 0.717) is 11.1 Å². The van der Waals surface area contributed by atoms with Crippen LogP contribution in [0.25, 0.3) is 5.69 Å². The highest BCUT2D eigenvalue weighted by Crippen LogP contribution is 2.35. The Hall–Kier alpha value is -3.01. The summed E-state index contributed by atoms with van der Waals surface area (Å²) < 4.78 is 41.6. The second kappa shape index (κ2) is 9.86. The molecule has 4 rings (SSSR count). The average molecular weight is 476 g/mol. The van der Waals surface area contributed by atoms with Gasteiger partial charge >= 0.3 is 6.18 Å². The van der Waals surface area contributed by atoms with Crippen molar-refractivity contribution in [2.75, 3.05) is 29.1 Å². The largest absolute Gasteiger partial charge is 0.418 e. The lowest BCUT2D eigenvalue weighted by molar-refractivity contribution is -0.137. The third kappa shape index (κ3) is 5.50. The highest BCUT2D eigenvalue weighted by atomic mass is 32.2. The van der Waals surface area contributed by atoms with Crippen molar-refractivity contribution in [1.29, 1.82) is 0 Å². The number of amides is 1. The van der Waals surface area contributed by atoms with Crippen LogP contribution in [-0.2, 0) is 11.0 Å². The van der Waals surface area contributed by atoms with Crippen LogP contribution in [0.4, 0.5) is 24.8 Å². The van der Waals surface area contributed by atoms with Gasteiger partial charge in [0.15, 0.2) is 5.16 Å². The van der Waals surface area contributed by atoms with Crippen molar-refractivity contribution in [3.05, 3.63) is 59.7 Å². The van der Waals surface area contributed by atoms with E-state index in [1.165, 1.54) is 24.6 Å². The van der Waals surface area contributed by atoms with E-state index in [0.717, 1.165) is 55.0 Å². The molecule has 1 aromatic heterocycles. The first kappa shape index (κ1) is 23.2. The molecule has 2 aromatic carbocycles. The fourth-order valence-corrected chi connectivity index (χ4v) is 4.48. The molecular weight excluding hydrogens is 451 g/mol. The molecule has 1 fully saturated rings. The molecule has 0 spiro atoms. The number of alkyl halides is 3. The van der Waals surface area contributed by atoms with E-state index in [2.05, 4.69) is 20.4 Å². The van der Waals surface area contributed by atoms with E-state index in [-0.39, 0.29) is 11.4 Å². The van der Waals surface area contributed by atoms with Crippen molar-refractivity contribution in [3.63, 3.8) is 0 Å². The zero-order valence-electron chi connectivity index (χ0n) is 18.1. The average Bonchev–Trinajstić information content (AvgIpc) is 3.22. The number of hydrogen-bond donors (Lipinski definition) is 1. The van der Waals surface area contributed by atoms with E-state index >= 15 is 0 Å². The quantitative estimate of drug-likeness (QED) is 0.489. The summed E-state index contributed by atoms with van der Waals surface area (Å²) in [6.07, 6.45) is -1.23. The number of hydrogen-bond acceptors (Lipinski definition) is 5. The molecule has 0 aliphatic carbocycles. The van der Waals surface area contributed by atoms with Crippen LogP contribution in [-0.4, -0.2) is 39.5 Å². The van der Waals surface area contributed by atoms with Crippen LogP contribution in [0.3, 0.4) is 0 Å². The molecule has 1 aliphatic rings. The number of benzene rings is 2. The predicted molar refractivity (Wildman–Crippen MR) is 123 cm³/mol. The van der Waals surface area contributed by atoms with Crippen LogP contribution in [0.2, 0.25) is 0 Å². The lowest BCUT2D eigenvalue weighted by Gasteiger charge is -2.27. The van der Waals surface area contributed by atoms with Crippen molar-refractivity contribution in [3.8, 4) is 5.69 Å². The molecule has 3 aromatic rings. The summed E-state index contributed by atoms with van der Waals surface area (Å²) in [5.41, 5.74) is 0.850. The fraction of sp³-hybridized carbons (Fsp3) is 0.348. The van der Waals surface area contributed by atoms with Gasteiger partial charge in [0, 0.05) is 13.1 Å². The van der Waals surface area contributed by atoms with Gasteiger partial charge in [0.05, 0.1) is 22.7 Å². The van der Waals surface area contributed by atoms with Crippen molar-refractivity contribution >= 4 is 29.3 Å². The maximum absolute atomic E-state index is 13.2. The van der Waals surface area contributed by atoms with Crippen LogP contribution < -0.4 is 10.2 Å². The Labute approximate surface area is 194 Å². The van der Waals surface area contributed by atoms with E-state index in [9.17, 15) is 18.0 Å². The minimum Gasteiger partial charge on any atom is -0.341 e. The summed E-state index contributed by atoms with van der Waals surface area (Å²) in [6, 6.07) is 12.9. The third-order valence-corrected chi connectivity index (χ3v) is 6.32. The summed E-state index contributed by atoms with van der Waals surface area (Å²) in [6.45, 7) is 3.76. The van der Waals surface area contributed by atoms with Crippen molar-refractivity contribution in [2.24, 2.45) is 0 Å². The number of aromatic nitrogens is 3. The SMILES string of the molecule is Cc1ccc(-n2c(SCC(=O)Nc3ccccc3C(F)(F)F)nnc2N2CCCCC2)cc1. The van der Waals surface area contributed by atoms with Crippen molar-refractivity contribution in [2.45, 2.75) is 37.5 Å². The molecule has 0 radical (unpaired) electrons. The molecule has 1 amide bonds. The summed E-state index contributed by atoms with van der Waals surface area (Å²) >= 11 is 1.14. The van der Waals surface area contributed by atoms with Crippen LogP contribution in [0, 0.1) is 6.92 Å². The van der Waals surface area contributed by atoms with Gasteiger partial charge < -0.3 is 10.2 Å². The van der Waals surface area contributed by atoms with Gasteiger partial charge in [0.1, 0.15) is 0 Å². The van der Waals surface area contributed by atoms with Gasteiger partial charge in [-0.3, -0.25) is 9.36 Å². The minimum atomic E-state index is -4.55. The minimum absolute atomic E-state index is 0.101. The lowest BCUT2D eigenvalue weighted by Crippen LogP contribution is -2.31. The Kier molecular flexibility index (Phi) is 6.92. The molecule has 2 heterocycles. The zero-order valence-corrected chi connectivity index (χ0v) is 18.9. The molecule has 0 atom stereocenters. The van der Waals surface area contributed by atoms with Crippen molar-refractivity contribution < 1.29 is 18.0 Å². The maximum Gasteiger partial charge on any atom is 0.418 e. The lowest BCUT2D eigenvalue weighted by atomic mass is 10.1. The molecule has 6 nitrogen and oxygen atoms in total. The first-order valence-corrected chi connectivity index (χ1v) is 11.7. The van der Waals surface area contributed by atoms with Gasteiger partial charge in [0.2, 0.25) is 11.9 Å². The van der Waals surface area contributed by atoms with Crippen LogP contribution in [0.15, 0.2) is 53.7 Å². The number of nitrogens with zero attached hydrogens (tertiary/aromatic N) is 4. The van der Waals surface area contributed by atoms with E-state index in [4.69, 9.17) is 0 Å². The Morgan fingerprint density at radius 1 is 1.03 bits per heavy atom. The molecule has 0 unspecified atom stereocenters. The topological polar surface area (TPSA) is 63.1 Å². The predicted octanol–water partition coefficient (Wildman–Crippen LogP) is 5.32. The number of nitrogens with one attached hydrogen (secondary N) is 1.